The Kier molecular flexibility index (Phi) is 5.66. The van der Waals surface area contributed by atoms with Crippen molar-refractivity contribution in [2.75, 3.05) is 24.5 Å². The van der Waals surface area contributed by atoms with Crippen LogP contribution >= 0.6 is 11.6 Å². The van der Waals surface area contributed by atoms with E-state index < -0.39 is 5.97 Å². The SMILES string of the molecule is NCC1(c2cccc(Cl)c2)CCC(N2CCN(c3ccc(C(=O)O)nc3)C2=O)CC1. The van der Waals surface area contributed by atoms with Crippen LogP contribution in [-0.4, -0.2) is 52.7 Å². The van der Waals surface area contributed by atoms with Gasteiger partial charge in [0, 0.05) is 36.1 Å². The van der Waals surface area contributed by atoms with Gasteiger partial charge in [-0.25, -0.2) is 14.6 Å². The van der Waals surface area contributed by atoms with Gasteiger partial charge in [-0.2, -0.15) is 0 Å². The Labute approximate surface area is 180 Å². The molecule has 0 spiro atoms. The van der Waals surface area contributed by atoms with Crippen LogP contribution < -0.4 is 10.6 Å². The molecule has 0 atom stereocenters. The molecule has 158 valence electrons. The maximum atomic E-state index is 13.0. The predicted molar refractivity (Wildman–Crippen MR) is 115 cm³/mol. The van der Waals surface area contributed by atoms with E-state index in [-0.39, 0.29) is 23.2 Å². The van der Waals surface area contributed by atoms with Gasteiger partial charge in [0.2, 0.25) is 0 Å². The second kappa shape index (κ2) is 8.24. The number of nitrogens with zero attached hydrogens (tertiary/aromatic N) is 3. The van der Waals surface area contributed by atoms with E-state index in [1.807, 2.05) is 23.1 Å². The summed E-state index contributed by atoms with van der Waals surface area (Å²) in [6, 6.07) is 11.1. The van der Waals surface area contributed by atoms with Crippen molar-refractivity contribution in [2.24, 2.45) is 5.73 Å². The Morgan fingerprint density at radius 1 is 1.23 bits per heavy atom. The van der Waals surface area contributed by atoms with E-state index in [0.29, 0.717) is 25.3 Å². The van der Waals surface area contributed by atoms with E-state index in [1.165, 1.54) is 17.8 Å². The highest BCUT2D eigenvalue weighted by atomic mass is 35.5. The van der Waals surface area contributed by atoms with Crippen molar-refractivity contribution in [1.82, 2.24) is 9.88 Å². The normalized spacial score (nSPS) is 24.3. The number of benzene rings is 1. The second-order valence-corrected chi connectivity index (χ2v) is 8.50. The molecule has 2 aliphatic rings. The lowest BCUT2D eigenvalue weighted by molar-refractivity contribution is 0.0690. The van der Waals surface area contributed by atoms with Crippen molar-refractivity contribution in [2.45, 2.75) is 37.1 Å². The molecule has 0 unspecified atom stereocenters. The van der Waals surface area contributed by atoms with Crippen LogP contribution in [0.4, 0.5) is 10.5 Å². The van der Waals surface area contributed by atoms with Crippen molar-refractivity contribution >= 4 is 29.3 Å². The number of hydrogen-bond acceptors (Lipinski definition) is 4. The van der Waals surface area contributed by atoms with Crippen LogP contribution in [0.25, 0.3) is 0 Å². The van der Waals surface area contributed by atoms with Crippen molar-refractivity contribution in [3.63, 3.8) is 0 Å². The zero-order valence-electron chi connectivity index (χ0n) is 16.6. The summed E-state index contributed by atoms with van der Waals surface area (Å²) in [5.74, 6) is -1.08. The first-order valence-electron chi connectivity index (χ1n) is 10.2. The molecule has 7 nitrogen and oxygen atoms in total. The van der Waals surface area contributed by atoms with Gasteiger partial charge < -0.3 is 15.7 Å². The Balaban J connectivity index is 1.44. The molecule has 30 heavy (non-hydrogen) atoms. The largest absolute Gasteiger partial charge is 0.477 e. The molecule has 2 aromatic rings. The average Bonchev–Trinajstić information content (AvgIpc) is 3.15. The van der Waals surface area contributed by atoms with Gasteiger partial charge in [-0.3, -0.25) is 4.90 Å². The molecule has 8 heteroatoms. The zero-order chi connectivity index (χ0) is 21.3. The van der Waals surface area contributed by atoms with Gasteiger partial charge in [-0.1, -0.05) is 23.7 Å². The number of amides is 2. The van der Waals surface area contributed by atoms with Gasteiger partial charge in [0.15, 0.2) is 0 Å². The third kappa shape index (κ3) is 3.75. The van der Waals surface area contributed by atoms with Crippen LogP contribution in [0.3, 0.4) is 0 Å². The number of aromatic carboxylic acids is 1. The van der Waals surface area contributed by atoms with Crippen LogP contribution in [0, 0.1) is 0 Å². The Morgan fingerprint density at radius 2 is 2.00 bits per heavy atom. The molecular formula is C22H25ClN4O3. The molecule has 1 saturated heterocycles. The number of rotatable bonds is 5. The Bertz CT molecular complexity index is 942. The molecule has 1 aliphatic carbocycles. The molecule has 4 rings (SSSR count). The van der Waals surface area contributed by atoms with Gasteiger partial charge in [-0.05, 0) is 55.5 Å². The number of halogens is 1. The number of aromatic nitrogens is 1. The first kappa shape index (κ1) is 20.6. The molecule has 1 aromatic heterocycles. The number of pyridine rings is 1. The molecular weight excluding hydrogens is 404 g/mol. The number of anilines is 1. The van der Waals surface area contributed by atoms with Crippen LogP contribution in [0.1, 0.15) is 41.7 Å². The van der Waals surface area contributed by atoms with E-state index in [9.17, 15) is 9.59 Å². The van der Waals surface area contributed by atoms with Gasteiger partial charge in [0.25, 0.3) is 0 Å². The lowest BCUT2D eigenvalue weighted by atomic mass is 9.68. The van der Waals surface area contributed by atoms with Crippen molar-refractivity contribution in [3.05, 3.63) is 58.9 Å². The van der Waals surface area contributed by atoms with Crippen LogP contribution in [0.5, 0.6) is 0 Å². The zero-order valence-corrected chi connectivity index (χ0v) is 17.4. The van der Waals surface area contributed by atoms with Crippen LogP contribution in [-0.2, 0) is 5.41 Å². The highest BCUT2D eigenvalue weighted by Gasteiger charge is 2.41. The van der Waals surface area contributed by atoms with E-state index >= 15 is 0 Å². The van der Waals surface area contributed by atoms with Gasteiger partial charge in [-0.15, -0.1) is 0 Å². The molecule has 1 aromatic carbocycles. The van der Waals surface area contributed by atoms with E-state index in [2.05, 4.69) is 11.1 Å². The van der Waals surface area contributed by atoms with Crippen molar-refractivity contribution in [1.29, 1.82) is 0 Å². The standard InChI is InChI=1S/C22H25ClN4O3/c23-16-3-1-2-15(12-16)22(14-24)8-6-17(7-9-22)26-10-11-27(21(26)30)18-4-5-19(20(28)29)25-13-18/h1-5,12-13,17H,6-11,14,24H2,(H,28,29). The Hall–Kier alpha value is -2.64. The summed E-state index contributed by atoms with van der Waals surface area (Å²) in [5.41, 5.74) is 7.87. The van der Waals surface area contributed by atoms with Crippen molar-refractivity contribution in [3.8, 4) is 0 Å². The molecule has 2 amide bonds. The molecule has 1 aliphatic heterocycles. The first-order valence-corrected chi connectivity index (χ1v) is 10.5. The second-order valence-electron chi connectivity index (χ2n) is 8.06. The first-order chi connectivity index (χ1) is 14.4. The van der Waals surface area contributed by atoms with E-state index in [0.717, 1.165) is 30.7 Å². The summed E-state index contributed by atoms with van der Waals surface area (Å²) in [7, 11) is 0. The highest BCUT2D eigenvalue weighted by Crippen LogP contribution is 2.41. The number of urea groups is 1. The summed E-state index contributed by atoms with van der Waals surface area (Å²) >= 11 is 6.20. The van der Waals surface area contributed by atoms with Crippen molar-refractivity contribution < 1.29 is 14.7 Å². The number of hydrogen-bond donors (Lipinski definition) is 2. The minimum atomic E-state index is -1.08. The third-order valence-electron chi connectivity index (χ3n) is 6.50. The fourth-order valence-corrected chi connectivity index (χ4v) is 4.89. The fourth-order valence-electron chi connectivity index (χ4n) is 4.70. The minimum Gasteiger partial charge on any atom is -0.477 e. The van der Waals surface area contributed by atoms with E-state index in [4.69, 9.17) is 22.4 Å². The van der Waals surface area contributed by atoms with Crippen LogP contribution in [0.2, 0.25) is 5.02 Å². The quantitative estimate of drug-likeness (QED) is 0.759. The lowest BCUT2D eigenvalue weighted by Gasteiger charge is -2.42. The summed E-state index contributed by atoms with van der Waals surface area (Å²) in [6.45, 7) is 1.78. The molecule has 1 saturated carbocycles. The maximum absolute atomic E-state index is 13.0. The number of carboxylic acids is 1. The number of carbonyl (C=O) groups is 2. The fraction of sp³-hybridized carbons (Fsp3) is 0.409. The third-order valence-corrected chi connectivity index (χ3v) is 6.74. The van der Waals surface area contributed by atoms with Gasteiger partial charge in [0.05, 0.1) is 11.9 Å². The van der Waals surface area contributed by atoms with E-state index in [1.54, 1.807) is 11.0 Å². The summed E-state index contributed by atoms with van der Waals surface area (Å²) in [5, 5.41) is 9.72. The summed E-state index contributed by atoms with van der Waals surface area (Å²) < 4.78 is 0. The lowest BCUT2D eigenvalue weighted by Crippen LogP contribution is -2.46. The molecule has 3 N–H and O–H groups in total. The predicted octanol–water partition coefficient (Wildman–Crippen LogP) is 3.51. The summed E-state index contributed by atoms with van der Waals surface area (Å²) in [4.78, 5) is 31.6. The minimum absolute atomic E-state index is 0.0336. The van der Waals surface area contributed by atoms with Gasteiger partial charge in [0.1, 0.15) is 5.69 Å². The number of carbonyl (C=O) groups excluding carboxylic acids is 1. The average molecular weight is 429 g/mol. The van der Waals surface area contributed by atoms with Crippen LogP contribution in [0.15, 0.2) is 42.6 Å². The monoisotopic (exact) mass is 428 g/mol. The molecule has 0 bridgehead atoms. The topological polar surface area (TPSA) is 99.8 Å². The number of carboxylic acid groups (broad SMARTS) is 1. The molecule has 2 fully saturated rings. The highest BCUT2D eigenvalue weighted by molar-refractivity contribution is 6.30. The smallest absolute Gasteiger partial charge is 0.354 e. The Morgan fingerprint density at radius 3 is 2.60 bits per heavy atom. The summed E-state index contributed by atoms with van der Waals surface area (Å²) in [6.07, 6.45) is 5.05. The maximum Gasteiger partial charge on any atom is 0.354 e. The number of nitrogens with two attached hydrogens (primary N) is 1. The van der Waals surface area contributed by atoms with Gasteiger partial charge >= 0.3 is 12.0 Å². The molecule has 2 heterocycles. The molecule has 0 radical (unpaired) electrons.